The Kier molecular flexibility index (Phi) is 628. The maximum atomic E-state index is 0. The third-order valence-electron chi connectivity index (χ3n) is 0. The molecule has 0 spiro atoms. The summed E-state index contributed by atoms with van der Waals surface area (Å²) >= 11 is 0. The van der Waals surface area contributed by atoms with Crippen molar-refractivity contribution in [3.8, 4) is 0 Å². The fourth-order valence-corrected chi connectivity index (χ4v) is 0. The SMILES string of the molecule is C.O.[SiH4].[Zr]. The van der Waals surface area contributed by atoms with E-state index in [0.717, 1.165) is 0 Å². The summed E-state index contributed by atoms with van der Waals surface area (Å²) in [5, 5.41) is 0. The van der Waals surface area contributed by atoms with E-state index in [1.165, 1.54) is 0 Å². The molecule has 0 radical (unpaired) electrons. The molecule has 0 aliphatic rings. The quantitative estimate of drug-likeness (QED) is 0.378. The van der Waals surface area contributed by atoms with E-state index in [1.807, 2.05) is 0 Å². The Morgan fingerprint density at radius 1 is 1.00 bits per heavy atom. The molecule has 1 nitrogen and oxygen atoms in total. The Morgan fingerprint density at radius 3 is 1.00 bits per heavy atom. The van der Waals surface area contributed by atoms with E-state index in [-0.39, 0.29) is 50.1 Å². The third kappa shape index (κ3) is 11.6. The molecule has 0 fully saturated rings. The van der Waals surface area contributed by atoms with Crippen molar-refractivity contribution in [1.82, 2.24) is 0 Å². The maximum Gasteiger partial charge on any atom is 0 e. The van der Waals surface area contributed by atoms with Gasteiger partial charge in [-0.1, -0.05) is 7.43 Å². The molecule has 0 saturated heterocycles. The van der Waals surface area contributed by atoms with Crippen LogP contribution in [0.25, 0.3) is 0 Å². The molecule has 0 heterocycles. The van der Waals surface area contributed by atoms with Gasteiger partial charge in [0.2, 0.25) is 0 Å². The van der Waals surface area contributed by atoms with Gasteiger partial charge in [-0.3, -0.25) is 0 Å². The van der Waals surface area contributed by atoms with E-state index in [4.69, 9.17) is 0 Å². The van der Waals surface area contributed by atoms with Crippen LogP contribution >= 0.6 is 0 Å². The summed E-state index contributed by atoms with van der Waals surface area (Å²) in [6.07, 6.45) is 0. The smallest absolute Gasteiger partial charge is 0 e. The fraction of sp³-hybridized carbons (Fsp3) is 1.00. The molecule has 4 heavy (non-hydrogen) atoms. The van der Waals surface area contributed by atoms with Gasteiger partial charge in [-0.2, -0.15) is 0 Å². The second-order valence-corrected chi connectivity index (χ2v) is 0. The first-order valence-electron chi connectivity index (χ1n) is 0. The Balaban J connectivity index is 0. The van der Waals surface area contributed by atoms with E-state index in [9.17, 15) is 0 Å². The molecule has 0 rings (SSSR count). The number of hydrogen-bond donors (Lipinski definition) is 0. The van der Waals surface area contributed by atoms with Crippen LogP contribution in [0.4, 0.5) is 0 Å². The molecule has 0 aromatic rings. The van der Waals surface area contributed by atoms with E-state index in [0.29, 0.717) is 0 Å². The minimum atomic E-state index is 0. The van der Waals surface area contributed by atoms with E-state index >= 15 is 0 Å². The Bertz CT molecular complexity index is 8.00. The summed E-state index contributed by atoms with van der Waals surface area (Å²) in [7, 11) is 0. The zero-order chi connectivity index (χ0) is 0. The zero-order valence-corrected chi connectivity index (χ0v) is 3.46. The van der Waals surface area contributed by atoms with Crippen LogP contribution in [0, 0.1) is 0 Å². The molecular formula is CH10OSiZr. The minimum Gasteiger partial charge on any atom is -0.412 e. The van der Waals surface area contributed by atoms with Crippen molar-refractivity contribution in [2.75, 3.05) is 0 Å². The van der Waals surface area contributed by atoms with Gasteiger partial charge in [0.25, 0.3) is 0 Å². The Morgan fingerprint density at radius 2 is 1.00 bits per heavy atom. The van der Waals surface area contributed by atoms with Crippen molar-refractivity contribution < 1.29 is 31.7 Å². The van der Waals surface area contributed by atoms with E-state index < -0.39 is 0 Å². The summed E-state index contributed by atoms with van der Waals surface area (Å²) < 4.78 is 0. The topological polar surface area (TPSA) is 31.5 Å². The van der Waals surface area contributed by atoms with Crippen molar-refractivity contribution in [3.05, 3.63) is 0 Å². The number of rotatable bonds is 0. The molecular weight excluding hydrogens is 147 g/mol. The van der Waals surface area contributed by atoms with Crippen LogP contribution < -0.4 is 0 Å². The molecule has 3 heteroatoms. The first-order chi connectivity index (χ1) is 0. The molecule has 0 aromatic carbocycles. The molecule has 0 aliphatic heterocycles. The average molecular weight is 157 g/mol. The van der Waals surface area contributed by atoms with Crippen LogP contribution in [0.15, 0.2) is 0 Å². The van der Waals surface area contributed by atoms with Gasteiger partial charge in [0.1, 0.15) is 0 Å². The second kappa shape index (κ2) is 33.8. The van der Waals surface area contributed by atoms with Crippen molar-refractivity contribution >= 4 is 11.0 Å². The first-order valence-corrected chi connectivity index (χ1v) is 0. The van der Waals surface area contributed by atoms with Crippen LogP contribution in [-0.2, 0) is 26.2 Å². The Hall–Kier alpha value is 1.06. The van der Waals surface area contributed by atoms with E-state index in [2.05, 4.69) is 0 Å². The van der Waals surface area contributed by atoms with Crippen molar-refractivity contribution in [1.29, 1.82) is 0 Å². The normalized spacial score (nSPS) is 0. The summed E-state index contributed by atoms with van der Waals surface area (Å²) in [5.41, 5.74) is 0. The van der Waals surface area contributed by atoms with Gasteiger partial charge in [-0.15, -0.1) is 0 Å². The standard InChI is InChI=1S/CH4.H2O.H4Si.Zr/h1H4;1H2;1H4;. The molecule has 28 valence electrons. The van der Waals surface area contributed by atoms with Crippen LogP contribution in [0.1, 0.15) is 7.43 Å². The van der Waals surface area contributed by atoms with Gasteiger partial charge in [-0.05, 0) is 11.0 Å². The van der Waals surface area contributed by atoms with E-state index in [1.54, 1.807) is 0 Å². The van der Waals surface area contributed by atoms with Gasteiger partial charge in [0, 0.05) is 26.2 Å². The van der Waals surface area contributed by atoms with Gasteiger partial charge in [0.05, 0.1) is 0 Å². The van der Waals surface area contributed by atoms with Crippen molar-refractivity contribution in [3.63, 3.8) is 0 Å². The number of hydrogen-bond acceptors (Lipinski definition) is 0. The maximum absolute atomic E-state index is 0. The molecule has 0 aliphatic carbocycles. The second-order valence-electron chi connectivity index (χ2n) is 0. The molecule has 0 unspecified atom stereocenters. The van der Waals surface area contributed by atoms with Gasteiger partial charge < -0.3 is 5.48 Å². The first kappa shape index (κ1) is 74.2. The van der Waals surface area contributed by atoms with Crippen LogP contribution in [0.2, 0.25) is 0 Å². The summed E-state index contributed by atoms with van der Waals surface area (Å²) in [4.78, 5) is 0. The van der Waals surface area contributed by atoms with Crippen molar-refractivity contribution in [2.45, 2.75) is 7.43 Å². The van der Waals surface area contributed by atoms with Gasteiger partial charge >= 0.3 is 0 Å². The van der Waals surface area contributed by atoms with Crippen LogP contribution in [0.3, 0.4) is 0 Å². The van der Waals surface area contributed by atoms with Crippen LogP contribution in [0.5, 0.6) is 0 Å². The predicted octanol–water partition coefficient (Wildman–Crippen LogP) is -1.64. The monoisotopic (exact) mass is 156 g/mol. The van der Waals surface area contributed by atoms with Crippen molar-refractivity contribution in [2.24, 2.45) is 0 Å². The molecule has 2 N–H and O–H groups in total. The molecule has 0 saturated carbocycles. The molecule has 0 aromatic heterocycles. The molecule has 0 atom stereocenters. The fourth-order valence-electron chi connectivity index (χ4n) is 0. The summed E-state index contributed by atoms with van der Waals surface area (Å²) in [6, 6.07) is 0. The third-order valence-corrected chi connectivity index (χ3v) is 0. The van der Waals surface area contributed by atoms with Gasteiger partial charge in [-0.25, -0.2) is 0 Å². The minimum absolute atomic E-state index is 0. The molecule has 0 bridgehead atoms. The van der Waals surface area contributed by atoms with Gasteiger partial charge in [0.15, 0.2) is 0 Å². The summed E-state index contributed by atoms with van der Waals surface area (Å²) in [6.45, 7) is 0. The average Bonchev–Trinajstić information content (AvgIpc) is 0. The predicted molar refractivity (Wildman–Crippen MR) is 21.7 cm³/mol. The Labute approximate surface area is 50.2 Å². The summed E-state index contributed by atoms with van der Waals surface area (Å²) in [5.74, 6) is 0. The molecule has 0 amide bonds. The largest absolute Gasteiger partial charge is 0.412 e. The van der Waals surface area contributed by atoms with Crippen LogP contribution in [-0.4, -0.2) is 16.4 Å². The zero-order valence-electron chi connectivity index (χ0n) is 1.00.